The number of aliphatic hydroxyl groups is 1. The Bertz CT molecular complexity index is 142. The molecule has 17 heavy (non-hydrogen) atoms. The Labute approximate surface area is 107 Å². The number of nitrogens with one attached hydrogen (secondary N) is 1. The largest absolute Gasteiger partial charge is 0.395 e. The summed E-state index contributed by atoms with van der Waals surface area (Å²) in [5.41, 5.74) is 0. The molecule has 0 radical (unpaired) electrons. The summed E-state index contributed by atoms with van der Waals surface area (Å²) in [4.78, 5) is 0. The number of unbranched alkanes of at least 4 members (excludes halogenated alkanes) is 7. The second-order valence-electron chi connectivity index (χ2n) is 4.76. The van der Waals surface area contributed by atoms with Crippen molar-refractivity contribution < 1.29 is 9.84 Å². The zero-order valence-electron chi connectivity index (χ0n) is 11.7. The summed E-state index contributed by atoms with van der Waals surface area (Å²) in [7, 11) is 1.67. The zero-order valence-corrected chi connectivity index (χ0v) is 11.7. The van der Waals surface area contributed by atoms with E-state index in [0.29, 0.717) is 6.61 Å². The van der Waals surface area contributed by atoms with Crippen LogP contribution in [0.1, 0.15) is 58.3 Å². The third-order valence-corrected chi connectivity index (χ3v) is 3.05. The Kier molecular flexibility index (Phi) is 13.8. The number of rotatable bonds is 13. The molecule has 1 atom stereocenters. The van der Waals surface area contributed by atoms with Crippen molar-refractivity contribution in [3.05, 3.63) is 0 Å². The summed E-state index contributed by atoms with van der Waals surface area (Å²) in [6, 6.07) is 0.101. The maximum atomic E-state index is 9.04. The first-order valence-corrected chi connectivity index (χ1v) is 7.18. The Hall–Kier alpha value is -0.120. The van der Waals surface area contributed by atoms with E-state index in [1.54, 1.807) is 7.11 Å². The first-order valence-electron chi connectivity index (χ1n) is 7.18. The molecule has 0 spiro atoms. The first-order chi connectivity index (χ1) is 8.35. The molecule has 3 heteroatoms. The van der Waals surface area contributed by atoms with Gasteiger partial charge < -0.3 is 15.2 Å². The van der Waals surface area contributed by atoms with Crippen molar-refractivity contribution in [2.24, 2.45) is 0 Å². The van der Waals surface area contributed by atoms with Gasteiger partial charge in [-0.15, -0.1) is 0 Å². The Morgan fingerprint density at radius 1 is 1.00 bits per heavy atom. The highest BCUT2D eigenvalue weighted by molar-refractivity contribution is 4.63. The molecule has 104 valence electrons. The molecule has 0 aliphatic carbocycles. The van der Waals surface area contributed by atoms with Crippen molar-refractivity contribution in [3.63, 3.8) is 0 Å². The molecule has 0 aliphatic heterocycles. The molecule has 0 aromatic heterocycles. The van der Waals surface area contributed by atoms with Crippen LogP contribution >= 0.6 is 0 Å². The second kappa shape index (κ2) is 13.9. The van der Waals surface area contributed by atoms with Gasteiger partial charge in [-0.1, -0.05) is 51.9 Å². The number of aliphatic hydroxyl groups excluding tert-OH is 1. The molecule has 0 rings (SSSR count). The molecule has 0 fully saturated rings. The fourth-order valence-electron chi connectivity index (χ4n) is 1.94. The van der Waals surface area contributed by atoms with Gasteiger partial charge in [-0.05, 0) is 13.0 Å². The SMILES string of the molecule is CCCCCCCCCCNC(CO)COC. The molecule has 0 aromatic carbocycles. The predicted molar refractivity (Wildman–Crippen MR) is 73.4 cm³/mol. The Morgan fingerprint density at radius 2 is 1.59 bits per heavy atom. The quantitative estimate of drug-likeness (QED) is 0.490. The maximum Gasteiger partial charge on any atom is 0.0638 e. The smallest absolute Gasteiger partial charge is 0.0638 e. The van der Waals surface area contributed by atoms with Gasteiger partial charge in [0.15, 0.2) is 0 Å². The topological polar surface area (TPSA) is 41.5 Å². The molecule has 0 saturated carbocycles. The summed E-state index contributed by atoms with van der Waals surface area (Å²) in [6.07, 6.45) is 10.7. The summed E-state index contributed by atoms with van der Waals surface area (Å²) in [6.45, 7) is 3.99. The summed E-state index contributed by atoms with van der Waals surface area (Å²) < 4.78 is 5.01. The molecular formula is C14H31NO2. The van der Waals surface area contributed by atoms with E-state index in [0.717, 1.165) is 6.54 Å². The van der Waals surface area contributed by atoms with Gasteiger partial charge in [0.2, 0.25) is 0 Å². The monoisotopic (exact) mass is 245 g/mol. The minimum atomic E-state index is 0.101. The molecule has 0 amide bonds. The summed E-state index contributed by atoms with van der Waals surface area (Å²) in [5, 5.41) is 12.3. The number of hydrogen-bond donors (Lipinski definition) is 2. The summed E-state index contributed by atoms with van der Waals surface area (Å²) >= 11 is 0. The van der Waals surface area contributed by atoms with Crippen LogP contribution in [-0.4, -0.2) is 38.0 Å². The van der Waals surface area contributed by atoms with Crippen LogP contribution in [0.3, 0.4) is 0 Å². The van der Waals surface area contributed by atoms with Crippen LogP contribution < -0.4 is 5.32 Å². The fourth-order valence-corrected chi connectivity index (χ4v) is 1.94. The Balaban J connectivity index is 3.11. The van der Waals surface area contributed by atoms with E-state index in [2.05, 4.69) is 12.2 Å². The molecule has 2 N–H and O–H groups in total. The number of hydrogen-bond acceptors (Lipinski definition) is 3. The normalized spacial score (nSPS) is 12.9. The van der Waals surface area contributed by atoms with Gasteiger partial charge in [0.25, 0.3) is 0 Å². The third-order valence-electron chi connectivity index (χ3n) is 3.05. The van der Waals surface area contributed by atoms with Crippen molar-refractivity contribution in [1.29, 1.82) is 0 Å². The van der Waals surface area contributed by atoms with E-state index in [4.69, 9.17) is 9.84 Å². The average Bonchev–Trinajstić information content (AvgIpc) is 2.35. The number of methoxy groups -OCH3 is 1. The van der Waals surface area contributed by atoms with Crippen molar-refractivity contribution in [3.8, 4) is 0 Å². The molecule has 1 unspecified atom stereocenters. The first kappa shape index (κ1) is 16.9. The second-order valence-corrected chi connectivity index (χ2v) is 4.76. The van der Waals surface area contributed by atoms with E-state index in [-0.39, 0.29) is 12.6 Å². The zero-order chi connectivity index (χ0) is 12.8. The van der Waals surface area contributed by atoms with Gasteiger partial charge in [0, 0.05) is 7.11 Å². The lowest BCUT2D eigenvalue weighted by Crippen LogP contribution is -2.36. The highest BCUT2D eigenvalue weighted by Crippen LogP contribution is 2.07. The van der Waals surface area contributed by atoms with E-state index in [9.17, 15) is 0 Å². The lowest BCUT2D eigenvalue weighted by atomic mass is 10.1. The minimum Gasteiger partial charge on any atom is -0.395 e. The van der Waals surface area contributed by atoms with Gasteiger partial charge in [-0.3, -0.25) is 0 Å². The van der Waals surface area contributed by atoms with E-state index in [1.807, 2.05) is 0 Å². The third kappa shape index (κ3) is 12.1. The number of ether oxygens (including phenoxy) is 1. The van der Waals surface area contributed by atoms with Crippen LogP contribution in [-0.2, 0) is 4.74 Å². The van der Waals surface area contributed by atoms with Gasteiger partial charge >= 0.3 is 0 Å². The van der Waals surface area contributed by atoms with Crippen LogP contribution in [0.4, 0.5) is 0 Å². The molecular weight excluding hydrogens is 214 g/mol. The van der Waals surface area contributed by atoms with Gasteiger partial charge in [-0.25, -0.2) is 0 Å². The van der Waals surface area contributed by atoms with Crippen LogP contribution in [0, 0.1) is 0 Å². The van der Waals surface area contributed by atoms with Crippen LogP contribution in [0.25, 0.3) is 0 Å². The van der Waals surface area contributed by atoms with Crippen LogP contribution in [0.5, 0.6) is 0 Å². The molecule has 0 bridgehead atoms. The average molecular weight is 245 g/mol. The fraction of sp³-hybridized carbons (Fsp3) is 1.00. The summed E-state index contributed by atoms with van der Waals surface area (Å²) in [5.74, 6) is 0. The molecule has 0 aliphatic rings. The van der Waals surface area contributed by atoms with E-state index < -0.39 is 0 Å². The molecule has 3 nitrogen and oxygen atoms in total. The Morgan fingerprint density at radius 3 is 2.12 bits per heavy atom. The van der Waals surface area contributed by atoms with Crippen molar-refractivity contribution in [1.82, 2.24) is 5.32 Å². The van der Waals surface area contributed by atoms with Gasteiger partial charge in [0.1, 0.15) is 0 Å². The standard InChI is InChI=1S/C14H31NO2/c1-3-4-5-6-7-8-9-10-11-15-14(12-16)13-17-2/h14-16H,3-13H2,1-2H3. The van der Waals surface area contributed by atoms with Crippen molar-refractivity contribution in [2.45, 2.75) is 64.3 Å². The van der Waals surface area contributed by atoms with Gasteiger partial charge in [-0.2, -0.15) is 0 Å². The molecule has 0 aromatic rings. The molecule has 0 heterocycles. The predicted octanol–water partition coefficient (Wildman–Crippen LogP) is 2.72. The lowest BCUT2D eigenvalue weighted by molar-refractivity contribution is 0.128. The van der Waals surface area contributed by atoms with E-state index >= 15 is 0 Å². The lowest BCUT2D eigenvalue weighted by Gasteiger charge is -2.14. The van der Waals surface area contributed by atoms with Crippen LogP contribution in [0.15, 0.2) is 0 Å². The van der Waals surface area contributed by atoms with Crippen molar-refractivity contribution in [2.75, 3.05) is 26.9 Å². The van der Waals surface area contributed by atoms with E-state index in [1.165, 1.54) is 51.4 Å². The van der Waals surface area contributed by atoms with Gasteiger partial charge in [0.05, 0.1) is 19.3 Å². The highest BCUT2D eigenvalue weighted by atomic mass is 16.5. The molecule has 0 saturated heterocycles. The minimum absolute atomic E-state index is 0.101. The maximum absolute atomic E-state index is 9.04. The van der Waals surface area contributed by atoms with Crippen molar-refractivity contribution >= 4 is 0 Å². The highest BCUT2D eigenvalue weighted by Gasteiger charge is 2.04. The van der Waals surface area contributed by atoms with Crippen LogP contribution in [0.2, 0.25) is 0 Å².